The van der Waals surface area contributed by atoms with Crippen molar-refractivity contribution in [3.63, 3.8) is 0 Å². The van der Waals surface area contributed by atoms with Gasteiger partial charge in [-0.25, -0.2) is 4.39 Å². The molecule has 3 nitrogen and oxygen atoms in total. The van der Waals surface area contributed by atoms with Crippen LogP contribution < -0.4 is 4.74 Å². The molecule has 0 fully saturated rings. The van der Waals surface area contributed by atoms with E-state index < -0.39 is 17.7 Å². The molecule has 1 atom stereocenters. The van der Waals surface area contributed by atoms with E-state index in [2.05, 4.69) is 0 Å². The van der Waals surface area contributed by atoms with E-state index in [1.165, 1.54) is 25.3 Å². The molecule has 1 N–H and O–H groups in total. The van der Waals surface area contributed by atoms with Gasteiger partial charge in [-0.05, 0) is 47.9 Å². The van der Waals surface area contributed by atoms with Crippen LogP contribution in [0.1, 0.15) is 17.0 Å². The van der Waals surface area contributed by atoms with E-state index >= 15 is 0 Å². The largest absolute Gasteiger partial charge is 0.496 e. The minimum Gasteiger partial charge on any atom is -0.496 e. The molecule has 0 heterocycles. The van der Waals surface area contributed by atoms with Crippen molar-refractivity contribution < 1.29 is 19.0 Å². The Kier molecular flexibility index (Phi) is 4.81. The molecular weight excluding hydrogens is 295 g/mol. The van der Waals surface area contributed by atoms with Crippen LogP contribution in [0.5, 0.6) is 5.75 Å². The molecule has 110 valence electrons. The molecule has 2 rings (SSSR count). The molecule has 2 aromatic rings. The van der Waals surface area contributed by atoms with Crippen molar-refractivity contribution in [3.05, 3.63) is 64.4 Å². The van der Waals surface area contributed by atoms with Gasteiger partial charge in [0.25, 0.3) is 0 Å². The molecule has 0 amide bonds. The second-order valence-corrected chi connectivity index (χ2v) is 5.04. The van der Waals surface area contributed by atoms with Crippen LogP contribution in [-0.4, -0.2) is 18.2 Å². The zero-order valence-electron chi connectivity index (χ0n) is 11.3. The maximum Gasteiger partial charge on any atom is 0.311 e. The number of rotatable bonds is 5. The molecular formula is C16H14ClFO3. The molecule has 2 aromatic carbocycles. The first-order valence-corrected chi connectivity index (χ1v) is 6.69. The van der Waals surface area contributed by atoms with Crippen molar-refractivity contribution in [2.75, 3.05) is 7.11 Å². The van der Waals surface area contributed by atoms with E-state index in [0.29, 0.717) is 21.9 Å². The fourth-order valence-electron chi connectivity index (χ4n) is 2.20. The number of methoxy groups -OCH3 is 1. The van der Waals surface area contributed by atoms with E-state index in [-0.39, 0.29) is 6.42 Å². The molecule has 0 radical (unpaired) electrons. The Labute approximate surface area is 126 Å². The summed E-state index contributed by atoms with van der Waals surface area (Å²) in [5.41, 5.74) is 1.08. The Morgan fingerprint density at radius 3 is 2.71 bits per heavy atom. The van der Waals surface area contributed by atoms with Gasteiger partial charge in [0.05, 0.1) is 13.0 Å². The summed E-state index contributed by atoms with van der Waals surface area (Å²) in [7, 11) is 1.46. The average molecular weight is 309 g/mol. The Morgan fingerprint density at radius 2 is 2.10 bits per heavy atom. The minimum absolute atomic E-state index is 0.122. The quantitative estimate of drug-likeness (QED) is 0.911. The predicted octanol–water partition coefficient (Wildman–Crippen LogP) is 3.90. The van der Waals surface area contributed by atoms with Crippen LogP contribution in [-0.2, 0) is 11.2 Å². The van der Waals surface area contributed by atoms with Crippen molar-refractivity contribution in [1.29, 1.82) is 0 Å². The zero-order valence-corrected chi connectivity index (χ0v) is 12.1. The van der Waals surface area contributed by atoms with Crippen LogP contribution in [0.15, 0.2) is 42.5 Å². The summed E-state index contributed by atoms with van der Waals surface area (Å²) in [6.07, 6.45) is 0.122. The van der Waals surface area contributed by atoms with Gasteiger partial charge in [0.1, 0.15) is 11.6 Å². The predicted molar refractivity (Wildman–Crippen MR) is 78.5 cm³/mol. The summed E-state index contributed by atoms with van der Waals surface area (Å²) in [5, 5.41) is 9.90. The lowest BCUT2D eigenvalue weighted by Crippen LogP contribution is -2.15. The van der Waals surface area contributed by atoms with Crippen LogP contribution in [0.25, 0.3) is 0 Å². The van der Waals surface area contributed by atoms with Gasteiger partial charge in [-0.2, -0.15) is 0 Å². The first-order valence-electron chi connectivity index (χ1n) is 6.32. The molecule has 0 aromatic heterocycles. The molecule has 5 heteroatoms. The van der Waals surface area contributed by atoms with Gasteiger partial charge in [0.2, 0.25) is 0 Å². The van der Waals surface area contributed by atoms with E-state index in [1.54, 1.807) is 24.3 Å². The first-order chi connectivity index (χ1) is 10.0. The highest BCUT2D eigenvalue weighted by atomic mass is 35.5. The van der Waals surface area contributed by atoms with Crippen molar-refractivity contribution in [1.82, 2.24) is 0 Å². The second-order valence-electron chi connectivity index (χ2n) is 4.61. The normalized spacial score (nSPS) is 12.0. The number of hydrogen-bond acceptors (Lipinski definition) is 2. The second kappa shape index (κ2) is 6.59. The molecule has 0 aliphatic carbocycles. The van der Waals surface area contributed by atoms with Gasteiger partial charge in [0, 0.05) is 5.02 Å². The Hall–Kier alpha value is -2.07. The number of hydrogen-bond donors (Lipinski definition) is 1. The number of carbonyl (C=O) groups is 1. The summed E-state index contributed by atoms with van der Waals surface area (Å²) in [4.78, 5) is 11.5. The number of carboxylic acid groups (broad SMARTS) is 1. The molecule has 0 spiro atoms. The maximum atomic E-state index is 13.4. The number of ether oxygens (including phenoxy) is 1. The number of benzene rings is 2. The van der Waals surface area contributed by atoms with Crippen LogP contribution >= 0.6 is 11.6 Å². The van der Waals surface area contributed by atoms with Crippen LogP contribution in [0.3, 0.4) is 0 Å². The first kappa shape index (κ1) is 15.3. The van der Waals surface area contributed by atoms with Crippen LogP contribution in [0.4, 0.5) is 4.39 Å². The van der Waals surface area contributed by atoms with Gasteiger partial charge in [-0.1, -0.05) is 23.7 Å². The highest BCUT2D eigenvalue weighted by Gasteiger charge is 2.22. The van der Waals surface area contributed by atoms with Gasteiger partial charge in [0.15, 0.2) is 0 Å². The van der Waals surface area contributed by atoms with E-state index in [9.17, 15) is 14.3 Å². The fourth-order valence-corrected chi connectivity index (χ4v) is 2.40. The summed E-state index contributed by atoms with van der Waals surface area (Å²) in [5.74, 6) is -1.78. The highest BCUT2D eigenvalue weighted by molar-refractivity contribution is 6.30. The molecule has 1 unspecified atom stereocenters. The SMILES string of the molecule is COc1ccc(F)cc1CC(C(=O)O)c1cccc(Cl)c1. The van der Waals surface area contributed by atoms with Crippen molar-refractivity contribution >= 4 is 17.6 Å². The van der Waals surface area contributed by atoms with E-state index in [1.807, 2.05) is 0 Å². The van der Waals surface area contributed by atoms with Crippen molar-refractivity contribution in [2.24, 2.45) is 0 Å². The Bertz CT molecular complexity index is 658. The minimum atomic E-state index is -0.997. The van der Waals surface area contributed by atoms with E-state index in [0.717, 1.165) is 0 Å². The monoisotopic (exact) mass is 308 g/mol. The summed E-state index contributed by atoms with van der Waals surface area (Å²) >= 11 is 5.90. The Balaban J connectivity index is 2.37. The zero-order chi connectivity index (χ0) is 15.4. The topological polar surface area (TPSA) is 46.5 Å². The molecule has 0 saturated carbocycles. The van der Waals surface area contributed by atoms with Gasteiger partial charge >= 0.3 is 5.97 Å². The maximum absolute atomic E-state index is 13.4. The molecule has 0 aliphatic rings. The van der Waals surface area contributed by atoms with Crippen LogP contribution in [0.2, 0.25) is 5.02 Å². The molecule has 0 aliphatic heterocycles. The number of halogens is 2. The third-order valence-corrected chi connectivity index (χ3v) is 3.45. The van der Waals surface area contributed by atoms with Gasteiger partial charge < -0.3 is 9.84 Å². The van der Waals surface area contributed by atoms with Gasteiger partial charge in [-0.15, -0.1) is 0 Å². The molecule has 0 saturated heterocycles. The van der Waals surface area contributed by atoms with Crippen molar-refractivity contribution in [3.8, 4) is 5.75 Å². The lowest BCUT2D eigenvalue weighted by molar-refractivity contribution is -0.138. The highest BCUT2D eigenvalue weighted by Crippen LogP contribution is 2.28. The summed E-state index contributed by atoms with van der Waals surface area (Å²) in [6.45, 7) is 0. The standard InChI is InChI=1S/C16H14ClFO3/c1-21-15-6-5-13(18)8-11(15)9-14(16(19)20)10-3-2-4-12(17)7-10/h2-8,14H,9H2,1H3,(H,19,20). The third-order valence-electron chi connectivity index (χ3n) is 3.22. The molecule has 0 bridgehead atoms. The van der Waals surface area contributed by atoms with Gasteiger partial charge in [-0.3, -0.25) is 4.79 Å². The third kappa shape index (κ3) is 3.73. The fraction of sp³-hybridized carbons (Fsp3) is 0.188. The smallest absolute Gasteiger partial charge is 0.311 e. The molecule has 21 heavy (non-hydrogen) atoms. The van der Waals surface area contributed by atoms with E-state index in [4.69, 9.17) is 16.3 Å². The number of carboxylic acids is 1. The van der Waals surface area contributed by atoms with Crippen LogP contribution in [0, 0.1) is 5.82 Å². The van der Waals surface area contributed by atoms with Crippen molar-refractivity contribution in [2.45, 2.75) is 12.3 Å². The lowest BCUT2D eigenvalue weighted by atomic mass is 9.91. The summed E-state index contributed by atoms with van der Waals surface area (Å²) < 4.78 is 18.5. The lowest BCUT2D eigenvalue weighted by Gasteiger charge is -2.15. The Morgan fingerprint density at radius 1 is 1.33 bits per heavy atom. The number of aliphatic carboxylic acids is 1. The summed E-state index contributed by atoms with van der Waals surface area (Å²) in [6, 6.07) is 10.7. The average Bonchev–Trinajstić information content (AvgIpc) is 2.44.